The quantitative estimate of drug-likeness (QED) is 0.455. The Kier molecular flexibility index (Phi) is 2.36. The van der Waals surface area contributed by atoms with Crippen molar-refractivity contribution in [2.75, 3.05) is 0 Å². The summed E-state index contributed by atoms with van der Waals surface area (Å²) in [7, 11) is 1.79. The molecule has 0 saturated carbocycles. The second-order valence-corrected chi connectivity index (χ2v) is 5.22. The lowest BCUT2D eigenvalue weighted by Crippen LogP contribution is -2.15. The smallest absolute Gasteiger partial charge is 0.212 e. The van der Waals surface area contributed by atoms with Crippen LogP contribution in [0.1, 0.15) is 19.3 Å². The highest BCUT2D eigenvalue weighted by Crippen LogP contribution is 2.19. The van der Waals surface area contributed by atoms with Crippen molar-refractivity contribution >= 4 is 19.7 Å². The molecule has 0 fully saturated rings. The van der Waals surface area contributed by atoms with Gasteiger partial charge in [0, 0.05) is 10.7 Å². The van der Waals surface area contributed by atoms with Gasteiger partial charge in [-0.1, -0.05) is 12.2 Å². The van der Waals surface area contributed by atoms with E-state index in [4.69, 9.17) is 10.7 Å². The van der Waals surface area contributed by atoms with Gasteiger partial charge in [0.1, 0.15) is 0 Å². The molecular formula is C6H9ClO2S. The van der Waals surface area contributed by atoms with Gasteiger partial charge in [0.05, 0.1) is 5.25 Å². The van der Waals surface area contributed by atoms with Gasteiger partial charge in [-0.2, -0.15) is 0 Å². The zero-order valence-corrected chi connectivity index (χ0v) is 7.03. The second-order valence-electron chi connectivity index (χ2n) is 2.37. The highest BCUT2D eigenvalue weighted by atomic mass is 35.7. The van der Waals surface area contributed by atoms with Gasteiger partial charge in [-0.15, -0.1) is 0 Å². The van der Waals surface area contributed by atoms with Crippen molar-refractivity contribution in [1.29, 1.82) is 0 Å². The van der Waals surface area contributed by atoms with E-state index in [1.807, 2.05) is 6.08 Å². The van der Waals surface area contributed by atoms with Crippen LogP contribution < -0.4 is 0 Å². The van der Waals surface area contributed by atoms with Crippen molar-refractivity contribution in [3.8, 4) is 0 Å². The lowest BCUT2D eigenvalue weighted by atomic mass is 10.1. The highest BCUT2D eigenvalue weighted by Gasteiger charge is 2.20. The Morgan fingerprint density at radius 2 is 2.20 bits per heavy atom. The maximum absolute atomic E-state index is 10.7. The van der Waals surface area contributed by atoms with Crippen molar-refractivity contribution < 1.29 is 8.42 Å². The number of hydrogen-bond acceptors (Lipinski definition) is 2. The third-order valence-electron chi connectivity index (χ3n) is 1.57. The first kappa shape index (κ1) is 8.08. The average molecular weight is 181 g/mol. The molecule has 10 heavy (non-hydrogen) atoms. The molecule has 0 aliphatic heterocycles. The Morgan fingerprint density at radius 3 is 2.50 bits per heavy atom. The molecule has 1 aliphatic carbocycles. The zero-order chi connectivity index (χ0) is 7.61. The molecule has 1 rings (SSSR count). The predicted molar refractivity (Wildman–Crippen MR) is 41.6 cm³/mol. The summed E-state index contributed by atoms with van der Waals surface area (Å²) in [5, 5.41) is -0.442. The Bertz CT molecular complexity index is 230. The summed E-state index contributed by atoms with van der Waals surface area (Å²) in [5.74, 6) is 0. The van der Waals surface area contributed by atoms with Gasteiger partial charge in [-0.3, -0.25) is 0 Å². The Hall–Kier alpha value is -0.0200. The Labute approximate surface area is 65.3 Å². The molecular weight excluding hydrogens is 172 g/mol. The van der Waals surface area contributed by atoms with E-state index in [-0.39, 0.29) is 0 Å². The van der Waals surface area contributed by atoms with Crippen molar-refractivity contribution in [1.82, 2.24) is 0 Å². The van der Waals surface area contributed by atoms with Crippen molar-refractivity contribution in [3.63, 3.8) is 0 Å². The summed E-state index contributed by atoms with van der Waals surface area (Å²) in [6.45, 7) is 0. The molecule has 1 aliphatic rings. The minimum atomic E-state index is -3.34. The standard InChI is InChI=1S/C6H9ClO2S/c7-10(8,9)6-4-2-1-3-5-6/h2,4,6H,1,3,5H2/t6-/m0/s1. The van der Waals surface area contributed by atoms with E-state index in [2.05, 4.69) is 0 Å². The fourth-order valence-corrected chi connectivity index (χ4v) is 2.21. The molecule has 0 spiro atoms. The van der Waals surface area contributed by atoms with Gasteiger partial charge < -0.3 is 0 Å². The molecule has 0 aromatic carbocycles. The SMILES string of the molecule is O=S(=O)(Cl)[C@H]1C=CCCC1. The van der Waals surface area contributed by atoms with E-state index in [0.717, 1.165) is 12.8 Å². The van der Waals surface area contributed by atoms with Gasteiger partial charge >= 0.3 is 0 Å². The topological polar surface area (TPSA) is 34.1 Å². The van der Waals surface area contributed by atoms with Crippen LogP contribution >= 0.6 is 10.7 Å². The zero-order valence-electron chi connectivity index (χ0n) is 5.46. The van der Waals surface area contributed by atoms with Gasteiger partial charge in [0.15, 0.2) is 0 Å². The van der Waals surface area contributed by atoms with Crippen LogP contribution in [0.4, 0.5) is 0 Å². The molecule has 0 aromatic heterocycles. The van der Waals surface area contributed by atoms with Crippen LogP contribution in [0.2, 0.25) is 0 Å². The van der Waals surface area contributed by atoms with Gasteiger partial charge in [-0.05, 0) is 19.3 Å². The molecule has 4 heteroatoms. The lowest BCUT2D eigenvalue weighted by molar-refractivity contribution is 0.591. The van der Waals surface area contributed by atoms with Crippen LogP contribution in [0.5, 0.6) is 0 Å². The molecule has 0 unspecified atom stereocenters. The maximum atomic E-state index is 10.7. The molecule has 0 aromatic rings. The van der Waals surface area contributed by atoms with E-state index in [1.165, 1.54) is 0 Å². The third kappa shape index (κ3) is 1.99. The van der Waals surface area contributed by atoms with E-state index < -0.39 is 14.3 Å². The normalized spacial score (nSPS) is 26.7. The predicted octanol–water partition coefficient (Wildman–Crippen LogP) is 1.66. The van der Waals surface area contributed by atoms with Crippen LogP contribution in [-0.2, 0) is 9.05 Å². The molecule has 0 N–H and O–H groups in total. The molecule has 1 atom stereocenters. The van der Waals surface area contributed by atoms with E-state index >= 15 is 0 Å². The lowest BCUT2D eigenvalue weighted by Gasteiger charge is -2.11. The fraction of sp³-hybridized carbons (Fsp3) is 0.667. The van der Waals surface area contributed by atoms with Crippen LogP contribution in [0.15, 0.2) is 12.2 Å². The molecule has 0 amide bonds. The Balaban J connectivity index is 2.74. The van der Waals surface area contributed by atoms with Crippen LogP contribution in [0.3, 0.4) is 0 Å². The van der Waals surface area contributed by atoms with Crippen molar-refractivity contribution in [2.24, 2.45) is 0 Å². The number of allylic oxidation sites excluding steroid dienone is 1. The van der Waals surface area contributed by atoms with E-state index in [9.17, 15) is 8.42 Å². The van der Waals surface area contributed by atoms with Crippen molar-refractivity contribution in [2.45, 2.75) is 24.5 Å². The monoisotopic (exact) mass is 180 g/mol. The molecule has 58 valence electrons. The van der Waals surface area contributed by atoms with E-state index in [0.29, 0.717) is 6.42 Å². The fourth-order valence-electron chi connectivity index (χ4n) is 1.02. The van der Waals surface area contributed by atoms with E-state index in [1.54, 1.807) is 6.08 Å². The molecule has 0 radical (unpaired) electrons. The molecule has 0 bridgehead atoms. The highest BCUT2D eigenvalue weighted by molar-refractivity contribution is 8.14. The summed E-state index contributed by atoms with van der Waals surface area (Å²) in [5.41, 5.74) is 0. The summed E-state index contributed by atoms with van der Waals surface area (Å²) in [6.07, 6.45) is 6.11. The summed E-state index contributed by atoms with van der Waals surface area (Å²) < 4.78 is 21.4. The van der Waals surface area contributed by atoms with Crippen LogP contribution in [0, 0.1) is 0 Å². The van der Waals surface area contributed by atoms with Crippen molar-refractivity contribution in [3.05, 3.63) is 12.2 Å². The van der Waals surface area contributed by atoms with Crippen LogP contribution in [-0.4, -0.2) is 13.7 Å². The first-order valence-corrected chi connectivity index (χ1v) is 5.58. The second kappa shape index (κ2) is 2.93. The van der Waals surface area contributed by atoms with Crippen LogP contribution in [0.25, 0.3) is 0 Å². The molecule has 2 nitrogen and oxygen atoms in total. The first-order chi connectivity index (χ1) is 4.61. The average Bonchev–Trinajstić information content (AvgIpc) is 1.88. The number of hydrogen-bond donors (Lipinski definition) is 0. The first-order valence-electron chi connectivity index (χ1n) is 3.21. The van der Waals surface area contributed by atoms with Gasteiger partial charge in [0.2, 0.25) is 9.05 Å². The summed E-state index contributed by atoms with van der Waals surface area (Å²) >= 11 is 0. The maximum Gasteiger partial charge on any atom is 0.239 e. The number of halogens is 1. The third-order valence-corrected chi connectivity index (χ3v) is 3.37. The summed E-state index contributed by atoms with van der Waals surface area (Å²) in [4.78, 5) is 0. The van der Waals surface area contributed by atoms with Gasteiger partial charge in [0.25, 0.3) is 0 Å². The molecule has 0 heterocycles. The number of rotatable bonds is 1. The van der Waals surface area contributed by atoms with Gasteiger partial charge in [-0.25, -0.2) is 8.42 Å². The Morgan fingerprint density at radius 1 is 1.50 bits per heavy atom. The largest absolute Gasteiger partial charge is 0.239 e. The minimum absolute atomic E-state index is 0.442. The summed E-state index contributed by atoms with van der Waals surface area (Å²) in [6, 6.07) is 0. The molecule has 0 saturated heterocycles. The minimum Gasteiger partial charge on any atom is -0.212 e.